The van der Waals surface area contributed by atoms with Gasteiger partial charge in [-0.2, -0.15) is 0 Å². The van der Waals surface area contributed by atoms with Crippen molar-refractivity contribution in [1.82, 2.24) is 14.9 Å². The fourth-order valence-electron chi connectivity index (χ4n) is 3.97. The van der Waals surface area contributed by atoms with Crippen LogP contribution in [0.5, 0.6) is 0 Å². The van der Waals surface area contributed by atoms with Crippen LogP contribution in [0, 0.1) is 5.92 Å². The molecule has 4 nitrogen and oxygen atoms in total. The average Bonchev–Trinajstić information content (AvgIpc) is 3.32. The third-order valence-corrected chi connectivity index (χ3v) is 6.49. The van der Waals surface area contributed by atoms with Crippen LogP contribution >= 0.6 is 22.9 Å². The Morgan fingerprint density at radius 1 is 1.32 bits per heavy atom. The number of H-pyrrole nitrogens is 1. The Balaban J connectivity index is 1.50. The molecule has 0 unspecified atom stereocenters. The molecule has 1 N–H and O–H groups in total. The average molecular weight is 372 g/mol. The van der Waals surface area contributed by atoms with Crippen LogP contribution < -0.4 is 5.56 Å². The van der Waals surface area contributed by atoms with E-state index in [2.05, 4.69) is 26.3 Å². The maximum absolute atomic E-state index is 12.4. The quantitative estimate of drug-likeness (QED) is 0.752. The van der Waals surface area contributed by atoms with Gasteiger partial charge in [0.25, 0.3) is 5.56 Å². The lowest BCUT2D eigenvalue weighted by Gasteiger charge is -2.35. The first-order chi connectivity index (χ1) is 12.2. The third kappa shape index (κ3) is 2.80. The van der Waals surface area contributed by atoms with Gasteiger partial charge < -0.3 is 4.98 Å². The molecular formula is C19H18ClN3OS. The van der Waals surface area contributed by atoms with Gasteiger partial charge in [-0.05, 0) is 60.4 Å². The standard InChI is InChI=1S/C19H18ClN3OS/c20-12-3-4-15-14(9-12)19(24)22-17(21-15)10-23-7-5-16-13(6-8-25-16)18(23)11-1-2-11/h3-4,6,8-9,11,18H,1-2,5,7,10H2,(H,21,22,24)/t18-/m0/s1. The number of fused-ring (bicyclic) bond motifs is 2. The molecule has 0 amide bonds. The smallest absolute Gasteiger partial charge is 0.258 e. The highest BCUT2D eigenvalue weighted by molar-refractivity contribution is 7.10. The summed E-state index contributed by atoms with van der Waals surface area (Å²) in [5.74, 6) is 1.49. The van der Waals surface area contributed by atoms with Gasteiger partial charge in [0.1, 0.15) is 5.82 Å². The SMILES string of the molecule is O=c1[nH]c(CN2CCc3sccc3[C@@H]2C2CC2)nc2ccc(Cl)cc12. The molecule has 2 aromatic heterocycles. The zero-order valence-corrected chi connectivity index (χ0v) is 15.2. The lowest BCUT2D eigenvalue weighted by molar-refractivity contribution is 0.154. The molecule has 0 saturated heterocycles. The zero-order chi connectivity index (χ0) is 17.0. The number of rotatable bonds is 3. The second-order valence-electron chi connectivity index (χ2n) is 6.98. The number of benzene rings is 1. The van der Waals surface area contributed by atoms with E-state index in [0.717, 1.165) is 24.7 Å². The van der Waals surface area contributed by atoms with Crippen LogP contribution in [0.25, 0.3) is 10.9 Å². The summed E-state index contributed by atoms with van der Waals surface area (Å²) in [5.41, 5.74) is 2.09. The summed E-state index contributed by atoms with van der Waals surface area (Å²) >= 11 is 7.87. The molecule has 0 bridgehead atoms. The molecule has 1 fully saturated rings. The molecule has 0 spiro atoms. The lowest BCUT2D eigenvalue weighted by atomic mass is 9.96. The van der Waals surface area contributed by atoms with Crippen LogP contribution in [0.4, 0.5) is 0 Å². The first-order valence-corrected chi connectivity index (χ1v) is 9.93. The van der Waals surface area contributed by atoms with E-state index in [0.29, 0.717) is 28.5 Å². The van der Waals surface area contributed by atoms with E-state index in [1.165, 1.54) is 23.3 Å². The number of halogens is 1. The van der Waals surface area contributed by atoms with Crippen LogP contribution in [-0.2, 0) is 13.0 Å². The van der Waals surface area contributed by atoms with Crippen molar-refractivity contribution in [1.29, 1.82) is 0 Å². The highest BCUT2D eigenvalue weighted by Crippen LogP contribution is 2.48. The molecule has 1 saturated carbocycles. The van der Waals surface area contributed by atoms with Gasteiger partial charge in [-0.3, -0.25) is 9.69 Å². The van der Waals surface area contributed by atoms with E-state index >= 15 is 0 Å². The van der Waals surface area contributed by atoms with Gasteiger partial charge in [-0.25, -0.2) is 4.98 Å². The van der Waals surface area contributed by atoms with Crippen LogP contribution in [0.3, 0.4) is 0 Å². The number of hydrogen-bond acceptors (Lipinski definition) is 4. The van der Waals surface area contributed by atoms with Gasteiger partial charge in [0.15, 0.2) is 0 Å². The number of nitrogens with zero attached hydrogens (tertiary/aromatic N) is 2. The molecule has 6 heteroatoms. The molecule has 1 atom stereocenters. The summed E-state index contributed by atoms with van der Waals surface area (Å²) in [6.45, 7) is 1.71. The molecule has 1 aliphatic carbocycles. The number of aromatic nitrogens is 2. The molecule has 2 aliphatic rings. The molecular weight excluding hydrogens is 354 g/mol. The van der Waals surface area contributed by atoms with Crippen molar-refractivity contribution in [2.24, 2.45) is 5.92 Å². The lowest BCUT2D eigenvalue weighted by Crippen LogP contribution is -2.36. The van der Waals surface area contributed by atoms with Crippen molar-refractivity contribution in [3.05, 3.63) is 61.3 Å². The van der Waals surface area contributed by atoms with Crippen molar-refractivity contribution in [3.63, 3.8) is 0 Å². The van der Waals surface area contributed by atoms with Crippen molar-refractivity contribution in [2.75, 3.05) is 6.54 Å². The van der Waals surface area contributed by atoms with Gasteiger partial charge in [-0.15, -0.1) is 11.3 Å². The number of hydrogen-bond donors (Lipinski definition) is 1. The minimum atomic E-state index is -0.112. The Morgan fingerprint density at radius 3 is 3.04 bits per heavy atom. The van der Waals surface area contributed by atoms with Crippen LogP contribution in [0.15, 0.2) is 34.4 Å². The summed E-state index contributed by atoms with van der Waals surface area (Å²) in [6, 6.07) is 8.04. The number of aromatic amines is 1. The van der Waals surface area contributed by atoms with Crippen molar-refractivity contribution >= 4 is 33.8 Å². The van der Waals surface area contributed by atoms with Crippen molar-refractivity contribution in [2.45, 2.75) is 31.8 Å². The van der Waals surface area contributed by atoms with E-state index in [9.17, 15) is 4.79 Å². The highest BCUT2D eigenvalue weighted by Gasteiger charge is 2.40. The Hall–Kier alpha value is -1.69. The van der Waals surface area contributed by atoms with Gasteiger partial charge in [0.05, 0.1) is 17.4 Å². The molecule has 25 heavy (non-hydrogen) atoms. The molecule has 3 aromatic rings. The number of nitrogens with one attached hydrogen (secondary N) is 1. The Morgan fingerprint density at radius 2 is 2.20 bits per heavy atom. The monoisotopic (exact) mass is 371 g/mol. The molecule has 1 aromatic carbocycles. The largest absolute Gasteiger partial charge is 0.309 e. The number of thiophene rings is 1. The van der Waals surface area contributed by atoms with Crippen molar-refractivity contribution < 1.29 is 0 Å². The Kier molecular flexibility index (Phi) is 3.69. The van der Waals surface area contributed by atoms with Crippen LogP contribution in [0.2, 0.25) is 5.02 Å². The highest BCUT2D eigenvalue weighted by atomic mass is 35.5. The van der Waals surface area contributed by atoms with Gasteiger partial charge >= 0.3 is 0 Å². The molecule has 0 radical (unpaired) electrons. The first kappa shape index (κ1) is 15.6. The summed E-state index contributed by atoms with van der Waals surface area (Å²) in [7, 11) is 0. The van der Waals surface area contributed by atoms with Crippen LogP contribution in [-0.4, -0.2) is 21.4 Å². The van der Waals surface area contributed by atoms with Gasteiger partial charge in [0, 0.05) is 22.5 Å². The van der Waals surface area contributed by atoms with Crippen LogP contribution in [0.1, 0.15) is 35.1 Å². The fourth-order valence-corrected chi connectivity index (χ4v) is 5.05. The van der Waals surface area contributed by atoms with Gasteiger partial charge in [-0.1, -0.05) is 11.6 Å². The van der Waals surface area contributed by atoms with Crippen molar-refractivity contribution in [3.8, 4) is 0 Å². The zero-order valence-electron chi connectivity index (χ0n) is 13.7. The Labute approximate surface area is 154 Å². The fraction of sp³-hybridized carbons (Fsp3) is 0.368. The Bertz CT molecular complexity index is 1010. The first-order valence-electron chi connectivity index (χ1n) is 8.68. The van der Waals surface area contributed by atoms with E-state index in [1.54, 1.807) is 12.1 Å². The minimum Gasteiger partial charge on any atom is -0.309 e. The van der Waals surface area contributed by atoms with E-state index in [1.807, 2.05) is 17.4 Å². The van der Waals surface area contributed by atoms with E-state index in [4.69, 9.17) is 11.6 Å². The maximum Gasteiger partial charge on any atom is 0.258 e. The summed E-state index contributed by atoms with van der Waals surface area (Å²) in [5, 5.41) is 3.32. The molecule has 3 heterocycles. The molecule has 128 valence electrons. The molecule has 5 rings (SSSR count). The van der Waals surface area contributed by atoms with Gasteiger partial charge in [0.2, 0.25) is 0 Å². The summed E-state index contributed by atoms with van der Waals surface area (Å²) in [4.78, 5) is 24.1. The van der Waals surface area contributed by atoms with E-state index < -0.39 is 0 Å². The predicted molar refractivity (Wildman–Crippen MR) is 101 cm³/mol. The second-order valence-corrected chi connectivity index (χ2v) is 8.41. The normalized spacial score (nSPS) is 20.8. The molecule has 1 aliphatic heterocycles. The third-order valence-electron chi connectivity index (χ3n) is 5.26. The topological polar surface area (TPSA) is 49.0 Å². The predicted octanol–water partition coefficient (Wildman–Crippen LogP) is 4.15. The summed E-state index contributed by atoms with van der Waals surface area (Å²) < 4.78 is 0. The second kappa shape index (κ2) is 5.94. The van der Waals surface area contributed by atoms with E-state index in [-0.39, 0.29) is 5.56 Å². The minimum absolute atomic E-state index is 0.112. The summed E-state index contributed by atoms with van der Waals surface area (Å²) in [6.07, 6.45) is 3.69. The maximum atomic E-state index is 12.4.